The molecule has 0 saturated carbocycles. The number of hydrogen-bond acceptors (Lipinski definition) is 5. The second kappa shape index (κ2) is 6.93. The second-order valence-electron chi connectivity index (χ2n) is 4.01. The van der Waals surface area contributed by atoms with Crippen LogP contribution in [0.15, 0.2) is 16.4 Å². The number of nitrogens with zero attached hydrogens (tertiary/aromatic N) is 9. The van der Waals surface area contributed by atoms with Crippen molar-refractivity contribution in [2.75, 3.05) is 6.54 Å². The Morgan fingerprint density at radius 3 is 2.80 bits per heavy atom. The van der Waals surface area contributed by atoms with Crippen molar-refractivity contribution in [3.63, 3.8) is 0 Å². The largest absolute Gasteiger partial charge is 0.339 e. The van der Waals surface area contributed by atoms with Gasteiger partial charge in [-0.15, -0.1) is 0 Å². The van der Waals surface area contributed by atoms with Crippen molar-refractivity contribution in [3.8, 4) is 0 Å². The molecule has 0 atom stereocenters. The highest BCUT2D eigenvalue weighted by Gasteiger charge is 2.05. The molecule has 0 bridgehead atoms. The standard InChI is InChI=1S/C10H12N10/c11-19-14-4-2-1-3-8-16-7-5-13-9(6-15-20-12)18-10(7)17-8/h5H,1-4,6H2,(H,13,16,17,18). The molecule has 20 heavy (non-hydrogen) atoms. The zero-order valence-electron chi connectivity index (χ0n) is 10.6. The smallest absolute Gasteiger partial charge is 0.181 e. The van der Waals surface area contributed by atoms with E-state index in [1.165, 1.54) is 0 Å². The molecule has 0 unspecified atom stereocenters. The third kappa shape index (κ3) is 3.58. The molecule has 2 rings (SSSR count). The highest BCUT2D eigenvalue weighted by Crippen LogP contribution is 2.10. The molecule has 0 aromatic carbocycles. The van der Waals surface area contributed by atoms with E-state index in [0.717, 1.165) is 30.6 Å². The predicted molar refractivity (Wildman–Crippen MR) is 71.5 cm³/mol. The Bertz CT molecular complexity index is 676. The van der Waals surface area contributed by atoms with Crippen LogP contribution in [-0.4, -0.2) is 26.5 Å². The number of hydrogen-bond donors (Lipinski definition) is 1. The van der Waals surface area contributed by atoms with Gasteiger partial charge in [0.15, 0.2) is 5.65 Å². The van der Waals surface area contributed by atoms with Gasteiger partial charge in [0, 0.05) is 22.8 Å². The van der Waals surface area contributed by atoms with E-state index in [1.54, 1.807) is 6.20 Å². The molecule has 10 heteroatoms. The summed E-state index contributed by atoms with van der Waals surface area (Å²) in [6.07, 6.45) is 4.07. The van der Waals surface area contributed by atoms with E-state index in [-0.39, 0.29) is 6.54 Å². The van der Waals surface area contributed by atoms with Crippen molar-refractivity contribution >= 4 is 11.2 Å². The van der Waals surface area contributed by atoms with E-state index in [4.69, 9.17) is 11.1 Å². The molecule has 0 spiro atoms. The van der Waals surface area contributed by atoms with E-state index < -0.39 is 0 Å². The van der Waals surface area contributed by atoms with Gasteiger partial charge < -0.3 is 4.98 Å². The molecule has 0 aliphatic carbocycles. The molecule has 0 amide bonds. The quantitative estimate of drug-likeness (QED) is 0.356. The first-order chi connectivity index (χ1) is 9.83. The maximum absolute atomic E-state index is 8.25. The van der Waals surface area contributed by atoms with Gasteiger partial charge in [0.2, 0.25) is 0 Å². The summed E-state index contributed by atoms with van der Waals surface area (Å²) in [6, 6.07) is 0. The van der Waals surface area contributed by atoms with Gasteiger partial charge in [-0.3, -0.25) is 0 Å². The van der Waals surface area contributed by atoms with Crippen LogP contribution in [0, 0.1) is 0 Å². The highest BCUT2D eigenvalue weighted by molar-refractivity contribution is 5.69. The third-order valence-electron chi connectivity index (χ3n) is 2.60. The van der Waals surface area contributed by atoms with Crippen LogP contribution in [0.25, 0.3) is 32.0 Å². The molecule has 1 N–H and O–H groups in total. The molecule has 10 nitrogen and oxygen atoms in total. The zero-order chi connectivity index (χ0) is 14.2. The molecule has 102 valence electrons. The Hall–Kier alpha value is -2.83. The van der Waals surface area contributed by atoms with E-state index in [0.29, 0.717) is 18.0 Å². The predicted octanol–water partition coefficient (Wildman–Crippen LogP) is 2.80. The van der Waals surface area contributed by atoms with Crippen LogP contribution in [0.4, 0.5) is 0 Å². The molecular weight excluding hydrogens is 260 g/mol. The van der Waals surface area contributed by atoms with E-state index >= 15 is 0 Å². The number of imidazole rings is 1. The van der Waals surface area contributed by atoms with Gasteiger partial charge >= 0.3 is 0 Å². The van der Waals surface area contributed by atoms with Crippen molar-refractivity contribution < 1.29 is 0 Å². The lowest BCUT2D eigenvalue weighted by Gasteiger charge is -1.93. The van der Waals surface area contributed by atoms with Crippen LogP contribution in [-0.2, 0) is 13.0 Å². The summed E-state index contributed by atoms with van der Waals surface area (Å²) >= 11 is 0. The molecule has 2 aromatic heterocycles. The second-order valence-corrected chi connectivity index (χ2v) is 4.01. The molecule has 0 saturated heterocycles. The minimum Gasteiger partial charge on any atom is -0.339 e. The van der Waals surface area contributed by atoms with Crippen LogP contribution in [0.5, 0.6) is 0 Å². The van der Waals surface area contributed by atoms with Gasteiger partial charge in [-0.1, -0.05) is 10.2 Å². The fraction of sp³-hybridized carbons (Fsp3) is 0.500. The van der Waals surface area contributed by atoms with Crippen molar-refractivity contribution in [1.29, 1.82) is 0 Å². The molecule has 2 aromatic rings. The number of nitrogens with one attached hydrogen (secondary N) is 1. The van der Waals surface area contributed by atoms with Crippen LogP contribution in [0.1, 0.15) is 24.5 Å². The summed E-state index contributed by atoms with van der Waals surface area (Å²) in [5.74, 6) is 1.26. The zero-order valence-corrected chi connectivity index (χ0v) is 10.6. The average molecular weight is 272 g/mol. The first-order valence-corrected chi connectivity index (χ1v) is 6.05. The molecule has 2 heterocycles. The Kier molecular flexibility index (Phi) is 4.71. The Labute approximate surface area is 113 Å². The first-order valence-electron chi connectivity index (χ1n) is 6.05. The highest BCUT2D eigenvalue weighted by atomic mass is 15.1. The summed E-state index contributed by atoms with van der Waals surface area (Å²) in [7, 11) is 0. The number of aromatic nitrogens is 4. The Morgan fingerprint density at radius 2 is 2.00 bits per heavy atom. The van der Waals surface area contributed by atoms with Crippen molar-refractivity contribution in [2.45, 2.75) is 25.8 Å². The van der Waals surface area contributed by atoms with Crippen molar-refractivity contribution in [1.82, 2.24) is 19.9 Å². The fourth-order valence-electron chi connectivity index (χ4n) is 1.70. The lowest BCUT2D eigenvalue weighted by atomic mass is 10.2. The topological polar surface area (TPSA) is 152 Å². The van der Waals surface area contributed by atoms with Crippen LogP contribution in [0.3, 0.4) is 0 Å². The summed E-state index contributed by atoms with van der Waals surface area (Å²) in [6.45, 7) is 0.605. The lowest BCUT2D eigenvalue weighted by Crippen LogP contribution is -1.92. The van der Waals surface area contributed by atoms with Crippen molar-refractivity contribution in [3.05, 3.63) is 38.7 Å². The summed E-state index contributed by atoms with van der Waals surface area (Å²) in [4.78, 5) is 21.1. The summed E-state index contributed by atoms with van der Waals surface area (Å²) in [5, 5.41) is 6.89. The maximum Gasteiger partial charge on any atom is 0.181 e. The van der Waals surface area contributed by atoms with Crippen molar-refractivity contribution in [2.24, 2.45) is 10.2 Å². The van der Waals surface area contributed by atoms with Gasteiger partial charge in [-0.2, -0.15) is 0 Å². The van der Waals surface area contributed by atoms with E-state index in [9.17, 15) is 0 Å². The number of rotatable bonds is 7. The number of azide groups is 2. The molecule has 0 aliphatic heterocycles. The minimum atomic E-state index is 0.112. The van der Waals surface area contributed by atoms with E-state index in [2.05, 4.69) is 40.0 Å². The number of H-pyrrole nitrogens is 1. The SMILES string of the molecule is [N-]=[N+]=NCCCCc1nc2nc(CN=[N+]=[N-])ncc2[nH]1. The fourth-order valence-corrected chi connectivity index (χ4v) is 1.70. The number of aromatic amines is 1. The molecule has 0 fully saturated rings. The number of aryl methyl sites for hydroxylation is 1. The van der Waals surface area contributed by atoms with Crippen LogP contribution in [0.2, 0.25) is 0 Å². The van der Waals surface area contributed by atoms with Gasteiger partial charge in [-0.25, -0.2) is 15.0 Å². The van der Waals surface area contributed by atoms with Crippen LogP contribution >= 0.6 is 0 Å². The first kappa shape index (κ1) is 13.6. The third-order valence-corrected chi connectivity index (χ3v) is 2.60. The Balaban J connectivity index is 2.01. The number of unbranched alkanes of at least 4 members (excludes halogenated alkanes) is 1. The summed E-state index contributed by atoms with van der Waals surface area (Å²) in [5.41, 5.74) is 17.7. The summed E-state index contributed by atoms with van der Waals surface area (Å²) < 4.78 is 0. The molecular formula is C10H12N10. The number of fused-ring (bicyclic) bond motifs is 1. The lowest BCUT2D eigenvalue weighted by molar-refractivity contribution is 0.722. The average Bonchev–Trinajstić information content (AvgIpc) is 2.86. The van der Waals surface area contributed by atoms with Gasteiger partial charge in [0.1, 0.15) is 17.2 Å². The Morgan fingerprint density at radius 1 is 1.15 bits per heavy atom. The van der Waals surface area contributed by atoms with Crippen LogP contribution < -0.4 is 0 Å². The van der Waals surface area contributed by atoms with Gasteiger partial charge in [0.25, 0.3) is 0 Å². The maximum atomic E-state index is 8.25. The molecule has 0 aliphatic rings. The minimum absolute atomic E-state index is 0.112. The normalized spacial score (nSPS) is 10.0. The molecule has 0 radical (unpaired) electrons. The van der Waals surface area contributed by atoms with Gasteiger partial charge in [0.05, 0.1) is 12.7 Å². The monoisotopic (exact) mass is 272 g/mol. The van der Waals surface area contributed by atoms with Gasteiger partial charge in [-0.05, 0) is 23.9 Å². The van der Waals surface area contributed by atoms with E-state index in [1.807, 2.05) is 0 Å².